The third-order valence-corrected chi connectivity index (χ3v) is 4.22. The van der Waals surface area contributed by atoms with E-state index in [1.54, 1.807) is 18.2 Å². The summed E-state index contributed by atoms with van der Waals surface area (Å²) >= 11 is 0. The number of carbonyl (C=O) groups excluding carboxylic acids is 1. The van der Waals surface area contributed by atoms with Gasteiger partial charge in [0.05, 0.1) is 0 Å². The summed E-state index contributed by atoms with van der Waals surface area (Å²) in [7, 11) is -3.96. The van der Waals surface area contributed by atoms with Gasteiger partial charge in [0, 0.05) is 6.42 Å². The van der Waals surface area contributed by atoms with E-state index in [9.17, 15) is 13.2 Å². The number of unbranched alkanes of at least 4 members (excludes halogenated alkanes) is 5. The van der Waals surface area contributed by atoms with Crippen LogP contribution in [-0.4, -0.2) is 43.9 Å². The van der Waals surface area contributed by atoms with Gasteiger partial charge in [0.15, 0.2) is 0 Å². The van der Waals surface area contributed by atoms with Crippen LogP contribution in [0, 0.1) is 0 Å². The molecule has 0 radical (unpaired) electrons. The average molecular weight is 322 g/mol. The number of hydrogen-bond acceptors (Lipinski definition) is 4. The van der Waals surface area contributed by atoms with Gasteiger partial charge in [-0.3, -0.25) is 4.79 Å². The molecule has 0 N–H and O–H groups in total. The van der Waals surface area contributed by atoms with E-state index < -0.39 is 16.1 Å². The maximum absolute atomic E-state index is 11.8. The summed E-state index contributed by atoms with van der Waals surface area (Å²) < 4.78 is 28.1. The predicted molar refractivity (Wildman–Crippen MR) is 84.9 cm³/mol. The predicted octanol–water partition coefficient (Wildman–Crippen LogP) is 3.02. The van der Waals surface area contributed by atoms with E-state index >= 15 is 0 Å². The second-order valence-electron chi connectivity index (χ2n) is 4.74. The number of rotatable bonds is 9. The van der Waals surface area contributed by atoms with Gasteiger partial charge < -0.3 is 4.18 Å². The van der Waals surface area contributed by atoms with Crippen LogP contribution < -0.4 is 0 Å². The Bertz CT molecular complexity index is 500. The Balaban J connectivity index is 0.00000400. The molecular weight excluding hydrogens is 299 g/mol. The van der Waals surface area contributed by atoms with Crippen LogP contribution in [0.1, 0.15) is 51.9 Å². The third-order valence-electron chi connectivity index (χ3n) is 2.97. The summed E-state index contributed by atoms with van der Waals surface area (Å²) in [6.07, 6.45) is 6.37. The van der Waals surface area contributed by atoms with Crippen molar-refractivity contribution in [3.63, 3.8) is 0 Å². The van der Waals surface area contributed by atoms with Gasteiger partial charge in [0.25, 0.3) is 0 Å². The zero-order valence-electron chi connectivity index (χ0n) is 11.9. The van der Waals surface area contributed by atoms with Crippen molar-refractivity contribution in [2.45, 2.75) is 56.8 Å². The van der Waals surface area contributed by atoms with E-state index in [1.165, 1.54) is 25.0 Å². The molecule has 0 saturated carbocycles. The zero-order chi connectivity index (χ0) is 14.8. The van der Waals surface area contributed by atoms with Crippen LogP contribution in [-0.2, 0) is 19.1 Å². The van der Waals surface area contributed by atoms with Crippen molar-refractivity contribution in [2.24, 2.45) is 0 Å². The van der Waals surface area contributed by atoms with Gasteiger partial charge in [-0.25, -0.2) is 0 Å². The molecule has 1 aromatic rings. The molecule has 114 valence electrons. The molecule has 0 heterocycles. The first-order chi connectivity index (χ1) is 9.56. The molecule has 0 aliphatic heterocycles. The number of benzene rings is 1. The molecule has 0 aliphatic carbocycles. The Kier molecular flexibility index (Phi) is 11.0. The monoisotopic (exact) mass is 322 g/mol. The minimum atomic E-state index is -3.96. The topological polar surface area (TPSA) is 60.4 Å². The molecular formula is C15H23NaO4S. The van der Waals surface area contributed by atoms with Crippen molar-refractivity contribution in [3.05, 3.63) is 30.3 Å². The van der Waals surface area contributed by atoms with Gasteiger partial charge in [-0.1, -0.05) is 57.2 Å². The summed E-state index contributed by atoms with van der Waals surface area (Å²) in [4.78, 5) is 11.5. The fourth-order valence-corrected chi connectivity index (χ4v) is 2.76. The summed E-state index contributed by atoms with van der Waals surface area (Å²) in [5.41, 5.74) is 0. The summed E-state index contributed by atoms with van der Waals surface area (Å²) in [6, 6.07) is 7.71. The van der Waals surface area contributed by atoms with E-state index in [1.807, 2.05) is 0 Å². The van der Waals surface area contributed by atoms with Gasteiger partial charge in [-0.05, 0) is 18.6 Å². The first-order valence-electron chi connectivity index (χ1n) is 7.08. The Morgan fingerprint density at radius 1 is 1.00 bits per heavy atom. The van der Waals surface area contributed by atoms with E-state index in [0.717, 1.165) is 19.3 Å². The second-order valence-corrected chi connectivity index (χ2v) is 6.29. The summed E-state index contributed by atoms with van der Waals surface area (Å²) in [5, 5.41) is 0. The summed E-state index contributed by atoms with van der Waals surface area (Å²) in [6.45, 7) is 2.14. The molecule has 4 nitrogen and oxygen atoms in total. The van der Waals surface area contributed by atoms with E-state index in [2.05, 4.69) is 11.1 Å². The average Bonchev–Trinajstić information content (AvgIpc) is 2.43. The molecule has 0 spiro atoms. The molecule has 0 unspecified atom stereocenters. The van der Waals surface area contributed by atoms with Crippen LogP contribution in [0.3, 0.4) is 0 Å². The van der Waals surface area contributed by atoms with Gasteiger partial charge in [-0.2, -0.15) is 8.42 Å². The third kappa shape index (κ3) is 8.61. The molecule has 0 atom stereocenters. The van der Waals surface area contributed by atoms with Crippen molar-refractivity contribution in [1.29, 1.82) is 0 Å². The Morgan fingerprint density at radius 3 is 2.19 bits per heavy atom. The maximum atomic E-state index is 11.8. The molecule has 1 rings (SSSR count). The van der Waals surface area contributed by atoms with Crippen molar-refractivity contribution in [1.82, 2.24) is 0 Å². The number of hydrogen-bond donors (Lipinski definition) is 0. The van der Waals surface area contributed by atoms with Gasteiger partial charge >= 0.3 is 45.6 Å². The molecule has 6 heteroatoms. The van der Waals surface area contributed by atoms with Crippen LogP contribution in [0.4, 0.5) is 0 Å². The molecule has 0 fully saturated rings. The Labute approximate surface area is 149 Å². The quantitative estimate of drug-likeness (QED) is 0.398. The molecule has 0 saturated heterocycles. The standard InChI is InChI=1S/C15H22O4S.Na.H/c1-2-3-4-5-6-10-13-15(16)19-20(17,18)14-11-8-7-9-12-14;;/h7-9,11-12H,2-6,10,13H2,1H3;;. The van der Waals surface area contributed by atoms with Crippen molar-refractivity contribution < 1.29 is 17.4 Å². The molecule has 21 heavy (non-hydrogen) atoms. The molecule has 0 aromatic heterocycles. The molecule has 0 aliphatic rings. The van der Waals surface area contributed by atoms with Crippen LogP contribution in [0.25, 0.3) is 0 Å². The van der Waals surface area contributed by atoms with E-state index in [0.29, 0.717) is 6.42 Å². The fraction of sp³-hybridized carbons (Fsp3) is 0.533. The SMILES string of the molecule is CCCCCCCCC(=O)OS(=O)(=O)c1ccccc1.[NaH]. The minimum absolute atomic E-state index is 0. The molecule has 0 bridgehead atoms. The zero-order valence-corrected chi connectivity index (χ0v) is 12.7. The van der Waals surface area contributed by atoms with Crippen molar-refractivity contribution in [3.8, 4) is 0 Å². The summed E-state index contributed by atoms with van der Waals surface area (Å²) in [5.74, 6) is -0.677. The van der Waals surface area contributed by atoms with Gasteiger partial charge in [0.1, 0.15) is 4.90 Å². The Hall–Kier alpha value is -0.360. The van der Waals surface area contributed by atoms with Crippen LogP contribution in [0.15, 0.2) is 35.2 Å². The van der Waals surface area contributed by atoms with Crippen LogP contribution in [0.5, 0.6) is 0 Å². The second kappa shape index (κ2) is 11.2. The van der Waals surface area contributed by atoms with E-state index in [4.69, 9.17) is 0 Å². The fourth-order valence-electron chi connectivity index (χ4n) is 1.85. The van der Waals surface area contributed by atoms with Crippen LogP contribution >= 0.6 is 0 Å². The van der Waals surface area contributed by atoms with Crippen molar-refractivity contribution in [2.75, 3.05) is 0 Å². The Morgan fingerprint density at radius 2 is 1.57 bits per heavy atom. The molecule has 1 aromatic carbocycles. The normalized spacial score (nSPS) is 10.7. The van der Waals surface area contributed by atoms with Crippen LogP contribution in [0.2, 0.25) is 0 Å². The van der Waals surface area contributed by atoms with Gasteiger partial charge in [-0.15, -0.1) is 0 Å². The van der Waals surface area contributed by atoms with E-state index in [-0.39, 0.29) is 40.9 Å². The first kappa shape index (κ1) is 20.6. The first-order valence-corrected chi connectivity index (χ1v) is 8.49. The van der Waals surface area contributed by atoms with Crippen molar-refractivity contribution >= 4 is 45.6 Å². The van der Waals surface area contributed by atoms with Gasteiger partial charge in [0.2, 0.25) is 0 Å². The molecule has 0 amide bonds. The number of carbonyl (C=O) groups is 1.